The summed E-state index contributed by atoms with van der Waals surface area (Å²) in [6, 6.07) is 10.1. The molecule has 0 amide bonds. The van der Waals surface area contributed by atoms with Crippen molar-refractivity contribution in [1.82, 2.24) is 0 Å². The molecule has 0 bridgehead atoms. The van der Waals surface area contributed by atoms with Crippen molar-refractivity contribution in [2.75, 3.05) is 0 Å². The van der Waals surface area contributed by atoms with Crippen LogP contribution in [0.3, 0.4) is 0 Å². The van der Waals surface area contributed by atoms with E-state index in [1.54, 1.807) is 11.8 Å². The summed E-state index contributed by atoms with van der Waals surface area (Å²) in [5, 5.41) is 0. The Kier molecular flexibility index (Phi) is 5.56. The van der Waals surface area contributed by atoms with Gasteiger partial charge in [-0.25, -0.2) is 0 Å². The van der Waals surface area contributed by atoms with Crippen LogP contribution in [0.2, 0.25) is 0 Å². The molecule has 1 fully saturated rings. The zero-order chi connectivity index (χ0) is 16.3. The maximum Gasteiger partial charge on any atom is 0.303 e. The molecule has 1 aliphatic rings. The van der Waals surface area contributed by atoms with Gasteiger partial charge in [0.05, 0.1) is 5.60 Å². The number of esters is 1. The standard InChI is InChI=1S/C18H26O3S/c1-6-18(5)13(3)12(2)16(20-14(4)19)17(21-18)22-15-10-8-7-9-11-15/h7-13,16-17H,6H2,1-5H3/t12-,13-,16?,17+,18?/m0/s1. The lowest BCUT2D eigenvalue weighted by atomic mass is 9.75. The molecule has 0 radical (unpaired) electrons. The average Bonchev–Trinajstić information content (AvgIpc) is 2.50. The van der Waals surface area contributed by atoms with Crippen LogP contribution >= 0.6 is 11.8 Å². The van der Waals surface area contributed by atoms with Gasteiger partial charge < -0.3 is 9.47 Å². The molecule has 5 atom stereocenters. The van der Waals surface area contributed by atoms with Gasteiger partial charge in [-0.15, -0.1) is 0 Å². The summed E-state index contributed by atoms with van der Waals surface area (Å²) in [6.45, 7) is 10.1. The van der Waals surface area contributed by atoms with E-state index in [1.165, 1.54) is 6.92 Å². The smallest absolute Gasteiger partial charge is 0.303 e. The lowest BCUT2D eigenvalue weighted by Gasteiger charge is -2.49. The Morgan fingerprint density at radius 3 is 2.50 bits per heavy atom. The Labute approximate surface area is 137 Å². The molecule has 1 heterocycles. The summed E-state index contributed by atoms with van der Waals surface area (Å²) in [5.41, 5.74) is -0.370. The van der Waals surface area contributed by atoms with E-state index in [9.17, 15) is 4.79 Å². The topological polar surface area (TPSA) is 35.5 Å². The van der Waals surface area contributed by atoms with Gasteiger partial charge in [0, 0.05) is 17.7 Å². The van der Waals surface area contributed by atoms with Crippen molar-refractivity contribution in [2.24, 2.45) is 11.8 Å². The lowest BCUT2D eigenvalue weighted by molar-refractivity contribution is -0.204. The van der Waals surface area contributed by atoms with Crippen LogP contribution in [-0.2, 0) is 14.3 Å². The molecule has 22 heavy (non-hydrogen) atoms. The Balaban J connectivity index is 2.26. The molecular formula is C18H26O3S. The maximum absolute atomic E-state index is 11.5. The highest BCUT2D eigenvalue weighted by molar-refractivity contribution is 7.99. The van der Waals surface area contributed by atoms with Gasteiger partial charge in [-0.2, -0.15) is 0 Å². The first kappa shape index (κ1) is 17.4. The minimum Gasteiger partial charge on any atom is -0.459 e. The van der Waals surface area contributed by atoms with Crippen LogP contribution in [-0.4, -0.2) is 23.1 Å². The second-order valence-corrected chi connectivity index (χ2v) is 7.48. The zero-order valence-corrected chi connectivity index (χ0v) is 14.9. The molecule has 0 spiro atoms. The SMILES string of the molecule is CCC1(C)O[C@H](Sc2ccccc2)C(OC(C)=O)[C@@H](C)[C@@H]1C. The van der Waals surface area contributed by atoms with Crippen LogP contribution in [0, 0.1) is 11.8 Å². The van der Waals surface area contributed by atoms with E-state index in [0.29, 0.717) is 5.92 Å². The molecule has 0 aliphatic carbocycles. The summed E-state index contributed by atoms with van der Waals surface area (Å²) < 4.78 is 12.0. The summed E-state index contributed by atoms with van der Waals surface area (Å²) in [6.07, 6.45) is 0.717. The van der Waals surface area contributed by atoms with Gasteiger partial charge in [0.1, 0.15) is 11.5 Å². The minimum atomic E-state index is -0.244. The normalized spacial score (nSPS) is 35.1. The first-order valence-electron chi connectivity index (χ1n) is 7.94. The largest absolute Gasteiger partial charge is 0.459 e. The monoisotopic (exact) mass is 322 g/mol. The van der Waals surface area contributed by atoms with Crippen LogP contribution in [0.25, 0.3) is 0 Å². The molecule has 1 aliphatic heterocycles. The highest BCUT2D eigenvalue weighted by Crippen LogP contribution is 2.45. The second-order valence-electron chi connectivity index (χ2n) is 6.31. The fourth-order valence-electron chi connectivity index (χ4n) is 3.01. The Morgan fingerprint density at radius 2 is 1.95 bits per heavy atom. The van der Waals surface area contributed by atoms with E-state index < -0.39 is 0 Å². The number of thioether (sulfide) groups is 1. The van der Waals surface area contributed by atoms with E-state index >= 15 is 0 Å². The summed E-state index contributed by atoms with van der Waals surface area (Å²) >= 11 is 1.64. The highest BCUT2D eigenvalue weighted by atomic mass is 32.2. The van der Waals surface area contributed by atoms with Crippen molar-refractivity contribution in [1.29, 1.82) is 0 Å². The number of rotatable bonds is 4. The van der Waals surface area contributed by atoms with Crippen molar-refractivity contribution < 1.29 is 14.3 Å². The third-order valence-corrected chi connectivity index (χ3v) is 6.06. The zero-order valence-electron chi connectivity index (χ0n) is 14.0. The van der Waals surface area contributed by atoms with E-state index in [0.717, 1.165) is 11.3 Å². The van der Waals surface area contributed by atoms with Crippen molar-refractivity contribution in [2.45, 2.75) is 63.1 Å². The molecule has 2 rings (SSSR count). The van der Waals surface area contributed by atoms with Gasteiger partial charge in [-0.1, -0.05) is 50.7 Å². The molecule has 1 aromatic rings. The minimum absolute atomic E-state index is 0.178. The molecule has 0 aromatic heterocycles. The predicted octanol–water partition coefficient (Wildman–Crippen LogP) is 4.51. The van der Waals surface area contributed by atoms with Crippen LogP contribution < -0.4 is 0 Å². The van der Waals surface area contributed by atoms with Gasteiger partial charge >= 0.3 is 5.97 Å². The van der Waals surface area contributed by atoms with Crippen LogP contribution in [0.5, 0.6) is 0 Å². The van der Waals surface area contributed by atoms with Crippen LogP contribution in [0.15, 0.2) is 35.2 Å². The molecule has 4 heteroatoms. The Morgan fingerprint density at radius 1 is 1.32 bits per heavy atom. The summed E-state index contributed by atoms with van der Waals surface area (Å²) in [7, 11) is 0. The van der Waals surface area contributed by atoms with E-state index in [2.05, 4.69) is 39.8 Å². The molecule has 0 N–H and O–H groups in total. The summed E-state index contributed by atoms with van der Waals surface area (Å²) in [5.74, 6) is 0.338. The number of hydrogen-bond donors (Lipinski definition) is 0. The van der Waals surface area contributed by atoms with E-state index in [1.807, 2.05) is 18.2 Å². The Bertz CT molecular complexity index is 504. The predicted molar refractivity (Wildman–Crippen MR) is 89.8 cm³/mol. The fraction of sp³-hybridized carbons (Fsp3) is 0.611. The number of hydrogen-bond acceptors (Lipinski definition) is 4. The quantitative estimate of drug-likeness (QED) is 0.764. The van der Waals surface area contributed by atoms with Crippen molar-refractivity contribution in [3.05, 3.63) is 30.3 Å². The number of carbonyl (C=O) groups excluding carboxylic acids is 1. The van der Waals surface area contributed by atoms with Gasteiger partial charge in [0.25, 0.3) is 0 Å². The van der Waals surface area contributed by atoms with Gasteiger partial charge in [-0.05, 0) is 31.4 Å². The van der Waals surface area contributed by atoms with Gasteiger partial charge in [0.15, 0.2) is 0 Å². The molecule has 3 nitrogen and oxygen atoms in total. The molecule has 122 valence electrons. The fourth-order valence-corrected chi connectivity index (χ4v) is 4.30. The van der Waals surface area contributed by atoms with Crippen molar-refractivity contribution in [3.8, 4) is 0 Å². The molecule has 0 saturated carbocycles. The van der Waals surface area contributed by atoms with Crippen molar-refractivity contribution >= 4 is 17.7 Å². The van der Waals surface area contributed by atoms with Crippen LogP contribution in [0.4, 0.5) is 0 Å². The maximum atomic E-state index is 11.5. The van der Waals surface area contributed by atoms with Crippen LogP contribution in [0.1, 0.15) is 41.0 Å². The number of ether oxygens (including phenoxy) is 2. The molecule has 2 unspecified atom stereocenters. The summed E-state index contributed by atoms with van der Waals surface area (Å²) in [4.78, 5) is 12.6. The number of carbonyl (C=O) groups is 1. The van der Waals surface area contributed by atoms with Crippen molar-refractivity contribution in [3.63, 3.8) is 0 Å². The lowest BCUT2D eigenvalue weighted by Crippen LogP contribution is -2.55. The van der Waals surface area contributed by atoms with E-state index in [-0.39, 0.29) is 29.0 Å². The average molecular weight is 322 g/mol. The molecule has 1 saturated heterocycles. The first-order valence-corrected chi connectivity index (χ1v) is 8.82. The Hall–Kier alpha value is -1.00. The molecule has 1 aromatic carbocycles. The number of benzene rings is 1. The van der Waals surface area contributed by atoms with Gasteiger partial charge in [-0.3, -0.25) is 4.79 Å². The third kappa shape index (κ3) is 3.66. The van der Waals surface area contributed by atoms with E-state index in [4.69, 9.17) is 9.47 Å². The first-order chi connectivity index (χ1) is 10.4. The molecular weight excluding hydrogens is 296 g/mol. The second kappa shape index (κ2) is 7.05. The van der Waals surface area contributed by atoms with Gasteiger partial charge in [0.2, 0.25) is 0 Å². The third-order valence-electron chi connectivity index (χ3n) is 4.92. The highest BCUT2D eigenvalue weighted by Gasteiger charge is 2.49.